The summed E-state index contributed by atoms with van der Waals surface area (Å²) in [5, 5.41) is 12.4. The van der Waals surface area contributed by atoms with Gasteiger partial charge in [-0.15, -0.1) is 10.2 Å². The van der Waals surface area contributed by atoms with Crippen LogP contribution in [0.5, 0.6) is 0 Å². The number of benzene rings is 2. The second-order valence-electron chi connectivity index (χ2n) is 5.35. The SMILES string of the molecule is CC(C(=O)N(C)c1ccccc1)n1nnc(-c2ccc(Br)cc2)n1. The van der Waals surface area contributed by atoms with Gasteiger partial charge in [0.15, 0.2) is 0 Å². The number of aromatic nitrogens is 4. The van der Waals surface area contributed by atoms with Gasteiger partial charge in [0.25, 0.3) is 5.91 Å². The third-order valence-electron chi connectivity index (χ3n) is 3.71. The molecule has 0 fully saturated rings. The van der Waals surface area contributed by atoms with Gasteiger partial charge in [0.1, 0.15) is 6.04 Å². The average molecular weight is 386 g/mol. The highest BCUT2D eigenvalue weighted by molar-refractivity contribution is 9.10. The van der Waals surface area contributed by atoms with Gasteiger partial charge in [0.05, 0.1) is 0 Å². The van der Waals surface area contributed by atoms with Gasteiger partial charge in [0.2, 0.25) is 5.82 Å². The first kappa shape index (κ1) is 16.3. The van der Waals surface area contributed by atoms with Gasteiger partial charge in [-0.2, -0.15) is 4.80 Å². The van der Waals surface area contributed by atoms with Crippen LogP contribution in [0.2, 0.25) is 0 Å². The van der Waals surface area contributed by atoms with E-state index in [1.54, 1.807) is 18.9 Å². The fourth-order valence-electron chi connectivity index (χ4n) is 2.26. The summed E-state index contributed by atoms with van der Waals surface area (Å²) >= 11 is 3.39. The Balaban J connectivity index is 1.79. The average Bonchev–Trinajstić information content (AvgIpc) is 3.11. The molecule has 0 aliphatic carbocycles. The molecule has 0 saturated heterocycles. The van der Waals surface area contributed by atoms with E-state index in [-0.39, 0.29) is 5.91 Å². The molecular weight excluding hydrogens is 370 g/mol. The number of carbonyl (C=O) groups excluding carboxylic acids is 1. The predicted octanol–water partition coefficient (Wildman–Crippen LogP) is 3.33. The first-order valence-electron chi connectivity index (χ1n) is 7.44. The Morgan fingerprint density at radius 2 is 1.79 bits per heavy atom. The Bertz CT molecular complexity index is 832. The van der Waals surface area contributed by atoms with Crippen LogP contribution >= 0.6 is 15.9 Å². The largest absolute Gasteiger partial charge is 0.314 e. The smallest absolute Gasteiger partial charge is 0.253 e. The zero-order valence-corrected chi connectivity index (χ0v) is 14.9. The normalized spacial score (nSPS) is 12.0. The van der Waals surface area contributed by atoms with Crippen LogP contribution in [0.3, 0.4) is 0 Å². The van der Waals surface area contributed by atoms with Gasteiger partial charge in [-0.05, 0) is 48.5 Å². The summed E-state index contributed by atoms with van der Waals surface area (Å²) in [7, 11) is 1.74. The van der Waals surface area contributed by atoms with Gasteiger partial charge in [-0.25, -0.2) is 0 Å². The summed E-state index contributed by atoms with van der Waals surface area (Å²) in [6.45, 7) is 1.76. The van der Waals surface area contributed by atoms with Crippen molar-refractivity contribution in [2.24, 2.45) is 0 Å². The van der Waals surface area contributed by atoms with Crippen LogP contribution in [0.25, 0.3) is 11.4 Å². The topological polar surface area (TPSA) is 63.9 Å². The Morgan fingerprint density at radius 3 is 2.46 bits per heavy atom. The van der Waals surface area contributed by atoms with Crippen molar-refractivity contribution >= 4 is 27.5 Å². The number of nitrogens with zero attached hydrogens (tertiary/aromatic N) is 5. The number of halogens is 1. The standard InChI is InChI=1S/C17H16BrN5O/c1-12(17(24)22(2)15-6-4-3-5-7-15)23-20-16(19-21-23)13-8-10-14(18)11-9-13/h3-12H,1-2H3. The van der Waals surface area contributed by atoms with Crippen molar-refractivity contribution in [1.82, 2.24) is 20.2 Å². The summed E-state index contributed by atoms with van der Waals surface area (Å²) in [6, 6.07) is 16.5. The molecule has 0 spiro atoms. The highest BCUT2D eigenvalue weighted by Gasteiger charge is 2.23. The molecule has 3 aromatic rings. The fourth-order valence-corrected chi connectivity index (χ4v) is 2.53. The molecule has 1 heterocycles. The lowest BCUT2D eigenvalue weighted by atomic mass is 10.2. The van der Waals surface area contributed by atoms with Crippen LogP contribution in [0.15, 0.2) is 59.1 Å². The van der Waals surface area contributed by atoms with Crippen molar-refractivity contribution in [1.29, 1.82) is 0 Å². The molecule has 0 N–H and O–H groups in total. The molecule has 2 aromatic carbocycles. The number of likely N-dealkylation sites (N-methyl/N-ethyl adjacent to an activating group) is 1. The Labute approximate surface area is 148 Å². The minimum atomic E-state index is -0.549. The molecule has 6 nitrogen and oxygen atoms in total. The maximum atomic E-state index is 12.6. The maximum absolute atomic E-state index is 12.6. The molecule has 1 aromatic heterocycles. The Morgan fingerprint density at radius 1 is 1.12 bits per heavy atom. The summed E-state index contributed by atoms with van der Waals surface area (Å²) in [4.78, 5) is 15.6. The Hall–Kier alpha value is -2.54. The third kappa shape index (κ3) is 3.35. The molecule has 122 valence electrons. The zero-order valence-electron chi connectivity index (χ0n) is 13.3. The number of hydrogen-bond acceptors (Lipinski definition) is 4. The van der Waals surface area contributed by atoms with Crippen molar-refractivity contribution in [3.63, 3.8) is 0 Å². The van der Waals surface area contributed by atoms with E-state index in [0.29, 0.717) is 5.82 Å². The van der Waals surface area contributed by atoms with Crippen LogP contribution in [-0.2, 0) is 4.79 Å². The summed E-state index contributed by atoms with van der Waals surface area (Å²) < 4.78 is 0.978. The number of para-hydroxylation sites is 1. The molecule has 0 saturated carbocycles. The van der Waals surface area contributed by atoms with Gasteiger partial charge in [-0.3, -0.25) is 4.79 Å². The Kier molecular flexibility index (Phi) is 4.71. The molecule has 0 aliphatic rings. The first-order valence-corrected chi connectivity index (χ1v) is 8.23. The van der Waals surface area contributed by atoms with E-state index in [0.717, 1.165) is 15.7 Å². The van der Waals surface area contributed by atoms with Crippen LogP contribution in [0.1, 0.15) is 13.0 Å². The maximum Gasteiger partial charge on any atom is 0.253 e. The highest BCUT2D eigenvalue weighted by Crippen LogP contribution is 2.19. The van der Waals surface area contributed by atoms with Crippen molar-refractivity contribution in [2.45, 2.75) is 13.0 Å². The van der Waals surface area contributed by atoms with E-state index < -0.39 is 6.04 Å². The minimum Gasteiger partial charge on any atom is -0.314 e. The number of anilines is 1. The second-order valence-corrected chi connectivity index (χ2v) is 6.26. The van der Waals surface area contributed by atoms with Crippen molar-refractivity contribution in [3.05, 3.63) is 59.1 Å². The molecule has 0 radical (unpaired) electrons. The lowest BCUT2D eigenvalue weighted by Crippen LogP contribution is -2.34. The monoisotopic (exact) mass is 385 g/mol. The van der Waals surface area contributed by atoms with E-state index in [9.17, 15) is 4.79 Å². The molecule has 3 rings (SSSR count). The fraction of sp³-hybridized carbons (Fsp3) is 0.176. The molecule has 7 heteroatoms. The predicted molar refractivity (Wildman–Crippen MR) is 95.5 cm³/mol. The van der Waals surface area contributed by atoms with Crippen LogP contribution in [0, 0.1) is 0 Å². The second kappa shape index (κ2) is 6.92. The third-order valence-corrected chi connectivity index (χ3v) is 4.24. The van der Waals surface area contributed by atoms with E-state index in [4.69, 9.17) is 0 Å². The van der Waals surface area contributed by atoms with Crippen molar-refractivity contribution in [3.8, 4) is 11.4 Å². The summed E-state index contributed by atoms with van der Waals surface area (Å²) in [6.07, 6.45) is 0. The molecule has 1 atom stereocenters. The molecule has 0 bridgehead atoms. The molecule has 24 heavy (non-hydrogen) atoms. The molecule has 1 unspecified atom stereocenters. The summed E-state index contributed by atoms with van der Waals surface area (Å²) in [5.74, 6) is 0.380. The van der Waals surface area contributed by atoms with Crippen LogP contribution in [0.4, 0.5) is 5.69 Å². The molecule has 1 amide bonds. The number of rotatable bonds is 4. The van der Waals surface area contributed by atoms with Crippen LogP contribution in [-0.4, -0.2) is 33.2 Å². The van der Waals surface area contributed by atoms with Crippen molar-refractivity contribution in [2.75, 3.05) is 11.9 Å². The van der Waals surface area contributed by atoms with Gasteiger partial charge in [0, 0.05) is 22.8 Å². The highest BCUT2D eigenvalue weighted by atomic mass is 79.9. The molecule has 0 aliphatic heterocycles. The van der Waals surface area contributed by atoms with E-state index in [2.05, 4.69) is 31.3 Å². The minimum absolute atomic E-state index is 0.110. The number of carbonyl (C=O) groups is 1. The quantitative estimate of drug-likeness (QED) is 0.690. The zero-order chi connectivity index (χ0) is 17.1. The first-order chi connectivity index (χ1) is 11.6. The number of tetrazole rings is 1. The van der Waals surface area contributed by atoms with E-state index in [1.807, 2.05) is 54.6 Å². The molecular formula is C17H16BrN5O. The van der Waals surface area contributed by atoms with Gasteiger partial charge >= 0.3 is 0 Å². The van der Waals surface area contributed by atoms with E-state index >= 15 is 0 Å². The van der Waals surface area contributed by atoms with Crippen molar-refractivity contribution < 1.29 is 4.79 Å². The van der Waals surface area contributed by atoms with Gasteiger partial charge < -0.3 is 4.90 Å². The van der Waals surface area contributed by atoms with E-state index in [1.165, 1.54) is 4.80 Å². The number of amides is 1. The number of hydrogen-bond donors (Lipinski definition) is 0. The lowest BCUT2D eigenvalue weighted by Gasteiger charge is -2.20. The van der Waals surface area contributed by atoms with Crippen LogP contribution < -0.4 is 4.90 Å². The lowest BCUT2D eigenvalue weighted by molar-refractivity contribution is -0.121. The summed E-state index contributed by atoms with van der Waals surface area (Å²) in [5.41, 5.74) is 1.67. The van der Waals surface area contributed by atoms with Gasteiger partial charge in [-0.1, -0.05) is 34.1 Å².